The molecule has 7 nitrogen and oxygen atoms in total. The van der Waals surface area contributed by atoms with E-state index in [1.165, 1.54) is 11.1 Å². The SMILES string of the molecule is CCOC(=O)N1CCN(C(=O)C2CC23CCN(Cc2ccc4c(c2)CCO4)CC3)CC1. The second-order valence-electron chi connectivity index (χ2n) is 9.45. The molecule has 5 rings (SSSR count). The third-order valence-electron chi connectivity index (χ3n) is 7.62. The summed E-state index contributed by atoms with van der Waals surface area (Å²) in [6.45, 7) is 8.51. The molecule has 168 valence electrons. The Morgan fingerprint density at radius 2 is 1.84 bits per heavy atom. The predicted octanol–water partition coefficient (Wildman–Crippen LogP) is 2.52. The van der Waals surface area contributed by atoms with Gasteiger partial charge >= 0.3 is 6.09 Å². The summed E-state index contributed by atoms with van der Waals surface area (Å²) in [5.41, 5.74) is 2.92. The van der Waals surface area contributed by atoms with E-state index in [2.05, 4.69) is 23.1 Å². The van der Waals surface area contributed by atoms with Crippen molar-refractivity contribution >= 4 is 12.0 Å². The lowest BCUT2D eigenvalue weighted by atomic mass is 9.90. The number of piperidine rings is 1. The summed E-state index contributed by atoms with van der Waals surface area (Å²) in [6.07, 6.45) is 4.01. The molecule has 3 aliphatic heterocycles. The van der Waals surface area contributed by atoms with E-state index in [0.29, 0.717) is 38.7 Å². The lowest BCUT2D eigenvalue weighted by Crippen LogP contribution is -2.51. The van der Waals surface area contributed by atoms with Gasteiger partial charge in [0.05, 0.1) is 13.2 Å². The molecule has 1 unspecified atom stereocenters. The molecule has 3 fully saturated rings. The van der Waals surface area contributed by atoms with Crippen LogP contribution in [0.2, 0.25) is 0 Å². The van der Waals surface area contributed by atoms with E-state index in [9.17, 15) is 9.59 Å². The Balaban J connectivity index is 1.09. The second kappa shape index (κ2) is 8.34. The molecule has 4 aliphatic rings. The zero-order chi connectivity index (χ0) is 21.4. The van der Waals surface area contributed by atoms with Gasteiger partial charge in [-0.25, -0.2) is 4.79 Å². The lowest BCUT2D eigenvalue weighted by molar-refractivity contribution is -0.135. The van der Waals surface area contributed by atoms with Gasteiger partial charge in [-0.1, -0.05) is 12.1 Å². The molecular formula is C24H33N3O4. The van der Waals surface area contributed by atoms with Gasteiger partial charge in [-0.2, -0.15) is 0 Å². The first kappa shape index (κ1) is 20.6. The molecule has 1 saturated carbocycles. The molecule has 2 saturated heterocycles. The summed E-state index contributed by atoms with van der Waals surface area (Å²) in [5.74, 6) is 1.53. The highest BCUT2D eigenvalue weighted by Crippen LogP contribution is 2.60. The van der Waals surface area contributed by atoms with Gasteiger partial charge in [0.2, 0.25) is 5.91 Å². The van der Waals surface area contributed by atoms with Crippen LogP contribution in [0.15, 0.2) is 18.2 Å². The van der Waals surface area contributed by atoms with Crippen LogP contribution in [0.25, 0.3) is 0 Å². The molecule has 1 aromatic carbocycles. The summed E-state index contributed by atoms with van der Waals surface area (Å²) in [7, 11) is 0. The number of amides is 2. The van der Waals surface area contributed by atoms with E-state index in [-0.39, 0.29) is 17.4 Å². The van der Waals surface area contributed by atoms with Crippen LogP contribution in [-0.2, 0) is 22.5 Å². The van der Waals surface area contributed by atoms with Crippen molar-refractivity contribution in [2.45, 2.75) is 39.2 Å². The average molecular weight is 428 g/mol. The van der Waals surface area contributed by atoms with Crippen molar-refractivity contribution < 1.29 is 19.1 Å². The number of rotatable bonds is 4. The average Bonchev–Trinajstić information content (AvgIpc) is 3.28. The number of hydrogen-bond acceptors (Lipinski definition) is 5. The van der Waals surface area contributed by atoms with Crippen LogP contribution >= 0.6 is 0 Å². The van der Waals surface area contributed by atoms with Crippen LogP contribution in [0.3, 0.4) is 0 Å². The normalized spacial score (nSPS) is 24.6. The Kier molecular flexibility index (Phi) is 5.54. The van der Waals surface area contributed by atoms with E-state index >= 15 is 0 Å². The van der Waals surface area contributed by atoms with Gasteiger partial charge < -0.3 is 19.3 Å². The summed E-state index contributed by atoms with van der Waals surface area (Å²) in [6, 6.07) is 6.60. The maximum atomic E-state index is 13.1. The van der Waals surface area contributed by atoms with Crippen molar-refractivity contribution in [2.24, 2.45) is 11.3 Å². The van der Waals surface area contributed by atoms with Gasteiger partial charge in [-0.3, -0.25) is 9.69 Å². The summed E-state index contributed by atoms with van der Waals surface area (Å²) in [5, 5.41) is 0. The minimum atomic E-state index is -0.263. The van der Waals surface area contributed by atoms with Crippen molar-refractivity contribution in [2.75, 3.05) is 52.5 Å². The molecule has 7 heteroatoms. The number of nitrogens with zero attached hydrogens (tertiary/aromatic N) is 3. The summed E-state index contributed by atoms with van der Waals surface area (Å²) < 4.78 is 10.7. The highest BCUT2D eigenvalue weighted by Gasteiger charge is 2.59. The predicted molar refractivity (Wildman–Crippen MR) is 116 cm³/mol. The maximum Gasteiger partial charge on any atom is 0.409 e. The molecule has 2 amide bonds. The molecule has 1 aliphatic carbocycles. The third kappa shape index (κ3) is 4.12. The molecule has 0 bridgehead atoms. The minimum Gasteiger partial charge on any atom is -0.493 e. The lowest BCUT2D eigenvalue weighted by Gasteiger charge is -2.36. The smallest absolute Gasteiger partial charge is 0.409 e. The number of likely N-dealkylation sites (tertiary alicyclic amines) is 1. The van der Waals surface area contributed by atoms with Crippen molar-refractivity contribution in [1.82, 2.24) is 14.7 Å². The zero-order valence-electron chi connectivity index (χ0n) is 18.5. The number of ether oxygens (including phenoxy) is 2. The van der Waals surface area contributed by atoms with Crippen LogP contribution < -0.4 is 4.74 Å². The number of piperazine rings is 1. The number of hydrogen-bond donors (Lipinski definition) is 0. The fourth-order valence-electron chi connectivity index (χ4n) is 5.55. The maximum absolute atomic E-state index is 13.1. The number of carbonyl (C=O) groups is 2. The first-order valence-electron chi connectivity index (χ1n) is 11.8. The molecule has 0 N–H and O–H groups in total. The third-order valence-corrected chi connectivity index (χ3v) is 7.62. The monoisotopic (exact) mass is 427 g/mol. The van der Waals surface area contributed by atoms with Gasteiger partial charge in [0.25, 0.3) is 0 Å². The Hall–Kier alpha value is -2.28. The van der Waals surface area contributed by atoms with Crippen molar-refractivity contribution in [3.05, 3.63) is 29.3 Å². The van der Waals surface area contributed by atoms with Gasteiger partial charge in [-0.05, 0) is 61.9 Å². The number of carbonyl (C=O) groups excluding carboxylic acids is 2. The molecule has 3 heterocycles. The van der Waals surface area contributed by atoms with E-state index in [1.54, 1.807) is 4.90 Å². The number of benzene rings is 1. The zero-order valence-corrected chi connectivity index (χ0v) is 18.5. The molecule has 1 aromatic rings. The van der Waals surface area contributed by atoms with Gasteiger partial charge in [0.15, 0.2) is 0 Å². The van der Waals surface area contributed by atoms with Crippen LogP contribution in [0.5, 0.6) is 5.75 Å². The quantitative estimate of drug-likeness (QED) is 0.739. The second-order valence-corrected chi connectivity index (χ2v) is 9.45. The van der Waals surface area contributed by atoms with E-state index in [1.807, 2.05) is 11.8 Å². The minimum absolute atomic E-state index is 0.181. The molecule has 0 aromatic heterocycles. The van der Waals surface area contributed by atoms with Crippen LogP contribution in [0.1, 0.15) is 37.3 Å². The molecule has 1 spiro atoms. The van der Waals surface area contributed by atoms with Gasteiger partial charge in [0, 0.05) is 45.1 Å². The van der Waals surface area contributed by atoms with Gasteiger partial charge in [0.1, 0.15) is 5.75 Å². The van der Waals surface area contributed by atoms with Crippen molar-refractivity contribution in [1.29, 1.82) is 0 Å². The highest BCUT2D eigenvalue weighted by atomic mass is 16.6. The van der Waals surface area contributed by atoms with Gasteiger partial charge in [-0.15, -0.1) is 0 Å². The fraction of sp³-hybridized carbons (Fsp3) is 0.667. The molecule has 0 radical (unpaired) electrons. The first-order valence-corrected chi connectivity index (χ1v) is 11.8. The standard InChI is InChI=1S/C24H33N3O4/c1-2-30-23(29)27-12-10-26(11-13-27)22(28)20-16-24(20)6-8-25(9-7-24)17-18-3-4-21-19(15-18)5-14-31-21/h3-4,15,20H,2,5-14,16-17H2,1H3. The topological polar surface area (TPSA) is 62.3 Å². The van der Waals surface area contributed by atoms with Crippen LogP contribution in [0, 0.1) is 11.3 Å². The van der Waals surface area contributed by atoms with Crippen molar-refractivity contribution in [3.63, 3.8) is 0 Å². The highest BCUT2D eigenvalue weighted by molar-refractivity contribution is 5.83. The van der Waals surface area contributed by atoms with E-state index in [0.717, 1.165) is 57.7 Å². The number of fused-ring (bicyclic) bond motifs is 1. The molecule has 1 atom stereocenters. The molecular weight excluding hydrogens is 394 g/mol. The van der Waals surface area contributed by atoms with Crippen LogP contribution in [-0.4, -0.2) is 79.2 Å². The molecule has 31 heavy (non-hydrogen) atoms. The van der Waals surface area contributed by atoms with E-state index < -0.39 is 0 Å². The fourth-order valence-corrected chi connectivity index (χ4v) is 5.55. The Labute approximate surface area is 184 Å². The Bertz CT molecular complexity index is 841. The van der Waals surface area contributed by atoms with Crippen molar-refractivity contribution in [3.8, 4) is 5.75 Å². The van der Waals surface area contributed by atoms with Crippen LogP contribution in [0.4, 0.5) is 4.79 Å². The summed E-state index contributed by atoms with van der Waals surface area (Å²) in [4.78, 5) is 31.2. The Morgan fingerprint density at radius 1 is 1.10 bits per heavy atom. The largest absolute Gasteiger partial charge is 0.493 e. The first-order chi connectivity index (χ1) is 15.1. The Morgan fingerprint density at radius 3 is 2.58 bits per heavy atom. The summed E-state index contributed by atoms with van der Waals surface area (Å²) >= 11 is 0. The van der Waals surface area contributed by atoms with E-state index in [4.69, 9.17) is 9.47 Å².